The SMILES string of the molecule is CCOC(=O)C1C(=S)NCC(=O)/C=C(/c2cccc(N=O)c2)NC1C. The summed E-state index contributed by atoms with van der Waals surface area (Å²) < 4.78 is 5.10. The summed E-state index contributed by atoms with van der Waals surface area (Å²) >= 11 is 5.27. The van der Waals surface area contributed by atoms with Crippen LogP contribution in [0.25, 0.3) is 5.70 Å². The number of esters is 1. The van der Waals surface area contributed by atoms with Crippen LogP contribution in [0.2, 0.25) is 0 Å². The lowest BCUT2D eigenvalue weighted by Crippen LogP contribution is -2.46. The summed E-state index contributed by atoms with van der Waals surface area (Å²) in [6, 6.07) is 6.12. The van der Waals surface area contributed by atoms with Gasteiger partial charge in [0.1, 0.15) is 11.6 Å². The third kappa shape index (κ3) is 4.69. The fourth-order valence-electron chi connectivity index (χ4n) is 2.53. The van der Waals surface area contributed by atoms with E-state index in [2.05, 4.69) is 15.8 Å². The van der Waals surface area contributed by atoms with Gasteiger partial charge in [0.2, 0.25) is 0 Å². The fourth-order valence-corrected chi connectivity index (χ4v) is 2.91. The van der Waals surface area contributed by atoms with E-state index in [1.807, 2.05) is 0 Å². The molecule has 7 nitrogen and oxygen atoms in total. The number of thiocarbonyl (C=S) groups is 1. The third-order valence-corrected chi connectivity index (χ3v) is 4.11. The molecule has 1 heterocycles. The molecule has 2 N–H and O–H groups in total. The molecule has 1 aromatic rings. The number of benzene rings is 1. The average molecular weight is 361 g/mol. The zero-order valence-corrected chi connectivity index (χ0v) is 14.8. The Balaban J connectivity index is 2.38. The van der Waals surface area contributed by atoms with Crippen molar-refractivity contribution in [2.45, 2.75) is 19.9 Å². The molecule has 0 amide bonds. The van der Waals surface area contributed by atoms with Crippen LogP contribution in [0.3, 0.4) is 0 Å². The van der Waals surface area contributed by atoms with Crippen LogP contribution >= 0.6 is 12.2 Å². The van der Waals surface area contributed by atoms with E-state index < -0.39 is 17.9 Å². The van der Waals surface area contributed by atoms with Crippen molar-refractivity contribution < 1.29 is 14.3 Å². The molecule has 25 heavy (non-hydrogen) atoms. The minimum Gasteiger partial charge on any atom is -0.465 e. The molecule has 8 heteroatoms. The summed E-state index contributed by atoms with van der Waals surface area (Å²) in [6.07, 6.45) is 1.42. The molecule has 2 rings (SSSR count). The second-order valence-corrected chi connectivity index (χ2v) is 5.99. The normalized spacial score (nSPS) is 23.0. The molecular formula is C17H19N3O4S. The fraction of sp³-hybridized carbons (Fsp3) is 0.353. The Morgan fingerprint density at radius 2 is 2.20 bits per heavy atom. The van der Waals surface area contributed by atoms with E-state index in [9.17, 15) is 14.5 Å². The Hall–Kier alpha value is -2.61. The van der Waals surface area contributed by atoms with Crippen LogP contribution in [0.1, 0.15) is 19.4 Å². The summed E-state index contributed by atoms with van der Waals surface area (Å²) in [4.78, 5) is 35.4. The minimum absolute atomic E-state index is 0.0295. The molecule has 1 aliphatic heterocycles. The maximum atomic E-state index is 12.3. The van der Waals surface area contributed by atoms with E-state index in [0.717, 1.165) is 0 Å². The van der Waals surface area contributed by atoms with Gasteiger partial charge in [-0.3, -0.25) is 9.59 Å². The standard InChI is InChI=1S/C17H19N3O4S/c1-3-24-17(22)15-10(2)19-14(8-13(21)9-18-16(15)25)11-5-4-6-12(7-11)20-23/h4-8,10,15,19H,3,9H2,1-2H3,(H,18,25)/b14-8-. The molecule has 1 aromatic carbocycles. The van der Waals surface area contributed by atoms with Gasteiger partial charge in [0, 0.05) is 17.8 Å². The van der Waals surface area contributed by atoms with E-state index in [4.69, 9.17) is 17.0 Å². The third-order valence-electron chi connectivity index (χ3n) is 3.71. The number of carbonyl (C=O) groups excluding carboxylic acids is 2. The average Bonchev–Trinajstić information content (AvgIpc) is 2.64. The highest BCUT2D eigenvalue weighted by Crippen LogP contribution is 2.21. The van der Waals surface area contributed by atoms with Crippen molar-refractivity contribution in [3.63, 3.8) is 0 Å². The van der Waals surface area contributed by atoms with Crippen molar-refractivity contribution in [2.75, 3.05) is 13.2 Å². The topological polar surface area (TPSA) is 96.9 Å². The molecule has 2 atom stereocenters. The number of rotatable bonds is 4. The van der Waals surface area contributed by atoms with Crippen LogP contribution in [-0.2, 0) is 14.3 Å². The van der Waals surface area contributed by atoms with E-state index in [-0.39, 0.29) is 29.6 Å². The second-order valence-electron chi connectivity index (χ2n) is 5.55. The molecule has 2 unspecified atom stereocenters. The van der Waals surface area contributed by atoms with Crippen molar-refractivity contribution in [1.82, 2.24) is 10.6 Å². The van der Waals surface area contributed by atoms with E-state index in [1.54, 1.807) is 38.1 Å². The van der Waals surface area contributed by atoms with Crippen molar-refractivity contribution in [1.29, 1.82) is 0 Å². The summed E-state index contributed by atoms with van der Waals surface area (Å²) in [5.74, 6) is -1.42. The van der Waals surface area contributed by atoms with Gasteiger partial charge in [-0.1, -0.05) is 24.4 Å². The van der Waals surface area contributed by atoms with E-state index in [0.29, 0.717) is 11.3 Å². The minimum atomic E-state index is -0.739. The molecule has 0 aliphatic carbocycles. The van der Waals surface area contributed by atoms with Crippen molar-refractivity contribution in [3.05, 3.63) is 40.8 Å². The predicted octanol–water partition coefficient (Wildman–Crippen LogP) is 2.08. The van der Waals surface area contributed by atoms with Gasteiger partial charge in [-0.15, -0.1) is 4.91 Å². The Morgan fingerprint density at radius 3 is 2.88 bits per heavy atom. The molecule has 1 aliphatic rings. The number of nitroso groups, excluding NO2 is 1. The van der Waals surface area contributed by atoms with Crippen LogP contribution < -0.4 is 10.6 Å². The van der Waals surface area contributed by atoms with Crippen molar-refractivity contribution in [3.8, 4) is 0 Å². The summed E-state index contributed by atoms with van der Waals surface area (Å²) in [7, 11) is 0. The number of hydrogen-bond acceptors (Lipinski definition) is 7. The molecule has 132 valence electrons. The van der Waals surface area contributed by atoms with Gasteiger partial charge in [-0.2, -0.15) is 0 Å². The smallest absolute Gasteiger partial charge is 0.317 e. The summed E-state index contributed by atoms with van der Waals surface area (Å²) in [5.41, 5.74) is 1.35. The number of nitrogens with one attached hydrogen (secondary N) is 2. The first-order valence-corrected chi connectivity index (χ1v) is 8.26. The molecule has 0 radical (unpaired) electrons. The van der Waals surface area contributed by atoms with Crippen LogP contribution in [0.15, 0.2) is 35.5 Å². The highest BCUT2D eigenvalue weighted by molar-refractivity contribution is 7.80. The summed E-state index contributed by atoms with van der Waals surface area (Å²) in [5, 5.41) is 8.87. The first-order valence-electron chi connectivity index (χ1n) is 7.85. The molecule has 0 spiro atoms. The van der Waals surface area contributed by atoms with E-state index in [1.165, 1.54) is 6.08 Å². The van der Waals surface area contributed by atoms with Gasteiger partial charge in [-0.25, -0.2) is 0 Å². The number of nitrogens with zero attached hydrogens (tertiary/aromatic N) is 1. The maximum Gasteiger partial charge on any atom is 0.317 e. The molecule has 0 saturated heterocycles. The molecule has 0 fully saturated rings. The molecule has 0 saturated carbocycles. The van der Waals surface area contributed by atoms with Crippen LogP contribution in [0.4, 0.5) is 5.69 Å². The molecule has 0 bridgehead atoms. The number of ketones is 1. The largest absolute Gasteiger partial charge is 0.465 e. The lowest BCUT2D eigenvalue weighted by Gasteiger charge is -2.25. The van der Waals surface area contributed by atoms with Gasteiger partial charge < -0.3 is 15.4 Å². The Morgan fingerprint density at radius 1 is 1.44 bits per heavy atom. The highest BCUT2D eigenvalue weighted by Gasteiger charge is 2.32. The quantitative estimate of drug-likeness (QED) is 0.481. The van der Waals surface area contributed by atoms with E-state index >= 15 is 0 Å². The predicted molar refractivity (Wildman–Crippen MR) is 98.2 cm³/mol. The van der Waals surface area contributed by atoms with Crippen LogP contribution in [-0.4, -0.2) is 35.9 Å². The monoisotopic (exact) mass is 361 g/mol. The van der Waals surface area contributed by atoms with Gasteiger partial charge in [0.15, 0.2) is 5.78 Å². The summed E-state index contributed by atoms with van der Waals surface area (Å²) in [6.45, 7) is 3.70. The first-order chi connectivity index (χ1) is 12.0. The Bertz CT molecular complexity index is 732. The van der Waals surface area contributed by atoms with Crippen molar-refractivity contribution in [2.24, 2.45) is 11.1 Å². The Labute approximate surface area is 150 Å². The van der Waals surface area contributed by atoms with Gasteiger partial charge in [0.25, 0.3) is 0 Å². The second kappa shape index (κ2) is 8.48. The zero-order chi connectivity index (χ0) is 18.4. The number of carbonyl (C=O) groups is 2. The number of hydrogen-bond donors (Lipinski definition) is 2. The van der Waals surface area contributed by atoms with Crippen LogP contribution in [0, 0.1) is 10.8 Å². The van der Waals surface area contributed by atoms with Crippen molar-refractivity contribution >= 4 is 40.3 Å². The lowest BCUT2D eigenvalue weighted by molar-refractivity contribution is -0.146. The lowest BCUT2D eigenvalue weighted by atomic mass is 10.00. The zero-order valence-electron chi connectivity index (χ0n) is 13.9. The number of ether oxygens (including phenoxy) is 1. The van der Waals surface area contributed by atoms with Crippen LogP contribution in [0.5, 0.6) is 0 Å². The van der Waals surface area contributed by atoms with Gasteiger partial charge in [-0.05, 0) is 36.7 Å². The molecular weight excluding hydrogens is 342 g/mol. The van der Waals surface area contributed by atoms with Gasteiger partial charge in [0.05, 0.1) is 18.1 Å². The Kier molecular flexibility index (Phi) is 6.35. The highest BCUT2D eigenvalue weighted by atomic mass is 32.1. The van der Waals surface area contributed by atoms with Gasteiger partial charge >= 0.3 is 5.97 Å². The molecule has 0 aromatic heterocycles. The first kappa shape index (κ1) is 18.7. The maximum absolute atomic E-state index is 12.3.